The van der Waals surface area contributed by atoms with E-state index in [1.807, 2.05) is 13.8 Å². The number of aliphatic carboxylic acids is 1. The highest BCUT2D eigenvalue weighted by atomic mass is 16.5. The second kappa shape index (κ2) is 6.64. The van der Waals surface area contributed by atoms with Crippen LogP contribution in [0.2, 0.25) is 0 Å². The van der Waals surface area contributed by atoms with Crippen LogP contribution >= 0.6 is 0 Å². The van der Waals surface area contributed by atoms with Gasteiger partial charge in [0.2, 0.25) is 0 Å². The third-order valence-electron chi connectivity index (χ3n) is 4.89. The fourth-order valence-electron chi connectivity index (χ4n) is 3.22. The first-order valence-corrected chi connectivity index (χ1v) is 7.83. The van der Waals surface area contributed by atoms with Gasteiger partial charge in [0.25, 0.3) is 0 Å². The molecule has 21 heavy (non-hydrogen) atoms. The molecule has 2 fully saturated rings. The third-order valence-corrected chi connectivity index (χ3v) is 4.89. The molecular formula is C15H26N2O4. The third kappa shape index (κ3) is 3.48. The van der Waals surface area contributed by atoms with E-state index in [2.05, 4.69) is 5.32 Å². The predicted octanol–water partition coefficient (Wildman–Crippen LogP) is 1.70. The fourth-order valence-corrected chi connectivity index (χ4v) is 3.22. The first-order valence-electron chi connectivity index (χ1n) is 7.83. The van der Waals surface area contributed by atoms with Gasteiger partial charge in [0.05, 0.1) is 11.5 Å². The van der Waals surface area contributed by atoms with Gasteiger partial charge < -0.3 is 20.1 Å². The first-order chi connectivity index (χ1) is 9.95. The number of likely N-dealkylation sites (tertiary alicyclic amines) is 1. The van der Waals surface area contributed by atoms with E-state index in [4.69, 9.17) is 4.74 Å². The molecule has 0 aromatic heterocycles. The second-order valence-corrected chi connectivity index (χ2v) is 6.44. The van der Waals surface area contributed by atoms with Crippen LogP contribution in [0.15, 0.2) is 0 Å². The smallest absolute Gasteiger partial charge is 0.317 e. The summed E-state index contributed by atoms with van der Waals surface area (Å²) in [6, 6.07) is -0.156. The number of carbonyl (C=O) groups is 2. The molecule has 2 amide bonds. The Morgan fingerprint density at radius 3 is 2.76 bits per heavy atom. The molecule has 2 atom stereocenters. The van der Waals surface area contributed by atoms with Gasteiger partial charge >= 0.3 is 12.0 Å². The zero-order valence-corrected chi connectivity index (χ0v) is 12.9. The van der Waals surface area contributed by atoms with E-state index in [-0.39, 0.29) is 18.1 Å². The summed E-state index contributed by atoms with van der Waals surface area (Å²) in [5.41, 5.74) is -0.800. The van der Waals surface area contributed by atoms with Crippen molar-refractivity contribution in [3.8, 4) is 0 Å². The molecule has 0 radical (unpaired) electrons. The van der Waals surface area contributed by atoms with E-state index < -0.39 is 11.4 Å². The van der Waals surface area contributed by atoms with E-state index in [1.165, 1.54) is 0 Å². The summed E-state index contributed by atoms with van der Waals surface area (Å²) in [6.45, 7) is 6.03. The lowest BCUT2D eigenvalue weighted by atomic mass is 9.76. The SMILES string of the molecule is CC(C)C1(C(=O)O)CCN(C(=O)NCCC2CCCO2)C1. The minimum Gasteiger partial charge on any atom is -0.481 e. The Morgan fingerprint density at radius 1 is 1.48 bits per heavy atom. The molecule has 2 N–H and O–H groups in total. The molecular weight excluding hydrogens is 272 g/mol. The summed E-state index contributed by atoms with van der Waals surface area (Å²) in [5.74, 6) is -0.785. The molecule has 2 unspecified atom stereocenters. The van der Waals surface area contributed by atoms with Gasteiger partial charge in [0.15, 0.2) is 0 Å². The van der Waals surface area contributed by atoms with Crippen molar-refractivity contribution in [1.29, 1.82) is 0 Å². The van der Waals surface area contributed by atoms with E-state index in [9.17, 15) is 14.7 Å². The first kappa shape index (κ1) is 16.1. The molecule has 2 saturated heterocycles. The Kier molecular flexibility index (Phi) is 5.08. The minimum absolute atomic E-state index is 0.0136. The number of nitrogens with zero attached hydrogens (tertiary/aromatic N) is 1. The zero-order valence-electron chi connectivity index (χ0n) is 12.9. The molecule has 6 heteroatoms. The summed E-state index contributed by atoms with van der Waals surface area (Å²) < 4.78 is 5.51. The normalized spacial score (nSPS) is 29.1. The van der Waals surface area contributed by atoms with Crippen LogP contribution < -0.4 is 5.32 Å². The van der Waals surface area contributed by atoms with Gasteiger partial charge in [-0.3, -0.25) is 4.79 Å². The maximum Gasteiger partial charge on any atom is 0.317 e. The molecule has 2 aliphatic heterocycles. The molecule has 0 spiro atoms. The monoisotopic (exact) mass is 298 g/mol. The zero-order chi connectivity index (χ0) is 15.5. The van der Waals surface area contributed by atoms with Crippen molar-refractivity contribution in [2.75, 3.05) is 26.2 Å². The van der Waals surface area contributed by atoms with Crippen molar-refractivity contribution in [3.63, 3.8) is 0 Å². The van der Waals surface area contributed by atoms with Crippen LogP contribution in [0.5, 0.6) is 0 Å². The van der Waals surface area contributed by atoms with Gasteiger partial charge in [0, 0.05) is 26.2 Å². The van der Waals surface area contributed by atoms with Crippen LogP contribution in [0, 0.1) is 11.3 Å². The van der Waals surface area contributed by atoms with E-state index in [0.29, 0.717) is 26.1 Å². The van der Waals surface area contributed by atoms with Crippen molar-refractivity contribution in [3.05, 3.63) is 0 Å². The molecule has 0 aromatic rings. The highest BCUT2D eigenvalue weighted by Gasteiger charge is 2.48. The number of nitrogens with one attached hydrogen (secondary N) is 1. The number of carboxylic acid groups (broad SMARTS) is 1. The van der Waals surface area contributed by atoms with Crippen molar-refractivity contribution < 1.29 is 19.4 Å². The average Bonchev–Trinajstić information content (AvgIpc) is 3.08. The Morgan fingerprint density at radius 2 is 2.24 bits per heavy atom. The largest absolute Gasteiger partial charge is 0.481 e. The number of ether oxygens (including phenoxy) is 1. The standard InChI is InChI=1S/C15H26N2O4/c1-11(2)15(13(18)19)6-8-17(10-15)14(20)16-7-5-12-4-3-9-21-12/h11-12H,3-10H2,1-2H3,(H,16,20)(H,18,19). The van der Waals surface area contributed by atoms with Crippen molar-refractivity contribution in [1.82, 2.24) is 10.2 Å². The number of hydrogen-bond acceptors (Lipinski definition) is 3. The summed E-state index contributed by atoms with van der Waals surface area (Å²) in [7, 11) is 0. The van der Waals surface area contributed by atoms with Crippen molar-refractivity contribution in [2.24, 2.45) is 11.3 Å². The lowest BCUT2D eigenvalue weighted by Crippen LogP contribution is -2.44. The van der Waals surface area contributed by atoms with E-state index in [1.54, 1.807) is 4.90 Å². The Bertz CT molecular complexity index is 393. The number of amides is 2. The lowest BCUT2D eigenvalue weighted by molar-refractivity contribution is -0.150. The maximum absolute atomic E-state index is 12.1. The molecule has 120 valence electrons. The van der Waals surface area contributed by atoms with Gasteiger partial charge in [0.1, 0.15) is 0 Å². The summed E-state index contributed by atoms with van der Waals surface area (Å²) in [4.78, 5) is 25.3. The summed E-state index contributed by atoms with van der Waals surface area (Å²) >= 11 is 0. The van der Waals surface area contributed by atoms with Gasteiger partial charge in [-0.1, -0.05) is 13.8 Å². The summed E-state index contributed by atoms with van der Waals surface area (Å²) in [6.07, 6.45) is 3.78. The average molecular weight is 298 g/mol. The van der Waals surface area contributed by atoms with Crippen LogP contribution in [-0.4, -0.2) is 54.4 Å². The van der Waals surface area contributed by atoms with Gasteiger partial charge in [-0.15, -0.1) is 0 Å². The molecule has 2 rings (SSSR count). The molecule has 6 nitrogen and oxygen atoms in total. The topological polar surface area (TPSA) is 78.9 Å². The van der Waals surface area contributed by atoms with Crippen LogP contribution in [-0.2, 0) is 9.53 Å². The Labute approximate surface area is 125 Å². The molecule has 2 heterocycles. The maximum atomic E-state index is 12.1. The van der Waals surface area contributed by atoms with Crippen molar-refractivity contribution >= 4 is 12.0 Å². The number of urea groups is 1. The summed E-state index contributed by atoms with van der Waals surface area (Å²) in [5, 5.41) is 12.4. The highest BCUT2D eigenvalue weighted by Crippen LogP contribution is 2.38. The lowest BCUT2D eigenvalue weighted by Gasteiger charge is -2.28. The van der Waals surface area contributed by atoms with Crippen LogP contribution in [0.4, 0.5) is 4.79 Å². The predicted molar refractivity (Wildman–Crippen MR) is 78.1 cm³/mol. The highest BCUT2D eigenvalue weighted by molar-refractivity contribution is 5.80. The molecule has 0 aliphatic carbocycles. The minimum atomic E-state index is -0.800. The Hall–Kier alpha value is -1.30. The van der Waals surface area contributed by atoms with Crippen molar-refractivity contribution in [2.45, 2.75) is 45.6 Å². The van der Waals surface area contributed by atoms with E-state index >= 15 is 0 Å². The molecule has 0 bridgehead atoms. The fraction of sp³-hybridized carbons (Fsp3) is 0.867. The molecule has 0 aromatic carbocycles. The van der Waals surface area contributed by atoms with Gasteiger partial charge in [-0.25, -0.2) is 4.79 Å². The second-order valence-electron chi connectivity index (χ2n) is 6.44. The van der Waals surface area contributed by atoms with Gasteiger partial charge in [-0.05, 0) is 31.6 Å². The number of hydrogen-bond donors (Lipinski definition) is 2. The van der Waals surface area contributed by atoms with Gasteiger partial charge in [-0.2, -0.15) is 0 Å². The van der Waals surface area contributed by atoms with E-state index in [0.717, 1.165) is 25.9 Å². The number of carboxylic acids is 1. The number of carbonyl (C=O) groups excluding carboxylic acids is 1. The Balaban J connectivity index is 1.79. The van der Waals surface area contributed by atoms with Crippen LogP contribution in [0.25, 0.3) is 0 Å². The molecule has 2 aliphatic rings. The van der Waals surface area contributed by atoms with Crippen LogP contribution in [0.1, 0.15) is 39.5 Å². The quantitative estimate of drug-likeness (QED) is 0.809. The van der Waals surface area contributed by atoms with Crippen LogP contribution in [0.3, 0.4) is 0 Å². The number of rotatable bonds is 5. The molecule has 0 saturated carbocycles.